The van der Waals surface area contributed by atoms with Gasteiger partial charge in [-0.3, -0.25) is 0 Å². The molecule has 0 saturated heterocycles. The van der Waals surface area contributed by atoms with E-state index in [1.54, 1.807) is 0 Å². The van der Waals surface area contributed by atoms with E-state index in [1.807, 2.05) is 0 Å². The largest absolute Gasteiger partial charge is 0.331 e. The van der Waals surface area contributed by atoms with Gasteiger partial charge in [-0.15, -0.1) is 0 Å². The Morgan fingerprint density at radius 1 is 1.39 bits per heavy atom. The fourth-order valence-electron chi connectivity index (χ4n) is 3.23. The summed E-state index contributed by atoms with van der Waals surface area (Å²) >= 11 is 5.52. The Bertz CT molecular complexity index is 648. The summed E-state index contributed by atoms with van der Waals surface area (Å²) in [4.78, 5) is 3.35. The fourth-order valence-corrected chi connectivity index (χ4v) is 3.58. The highest BCUT2D eigenvalue weighted by Gasteiger charge is 2.32. The minimum Gasteiger partial charge on any atom is -0.331 e. The third kappa shape index (κ3) is 1.91. The Morgan fingerprint density at radius 3 is 2.83 bits per heavy atom. The Balaban J connectivity index is 2.12. The summed E-state index contributed by atoms with van der Waals surface area (Å²) < 4.78 is 3.21. The summed E-state index contributed by atoms with van der Waals surface area (Å²) in [7, 11) is 0. The zero-order valence-electron chi connectivity index (χ0n) is 11.3. The van der Waals surface area contributed by atoms with Crippen molar-refractivity contribution in [1.82, 2.24) is 9.55 Å². The van der Waals surface area contributed by atoms with Gasteiger partial charge in [0.05, 0.1) is 11.0 Å². The molecule has 1 aromatic carbocycles. The van der Waals surface area contributed by atoms with E-state index in [0.29, 0.717) is 11.5 Å². The summed E-state index contributed by atoms with van der Waals surface area (Å²) in [5.41, 5.74) is 4.16. The van der Waals surface area contributed by atoms with Crippen molar-refractivity contribution in [2.24, 2.45) is 5.41 Å². The molecule has 2 aromatic rings. The van der Waals surface area contributed by atoms with E-state index in [2.05, 4.69) is 48.5 Å². The van der Waals surface area contributed by atoms with Crippen molar-refractivity contribution in [2.45, 2.75) is 46.1 Å². The van der Waals surface area contributed by atoms with Crippen LogP contribution in [0, 0.1) is 17.1 Å². The molecule has 2 nitrogen and oxygen atoms in total. The first-order chi connectivity index (χ1) is 8.46. The average Bonchev–Trinajstić information content (AvgIpc) is 2.77. The smallest absolute Gasteiger partial charge is 0.178 e. The van der Waals surface area contributed by atoms with Crippen molar-refractivity contribution in [3.05, 3.63) is 28.5 Å². The Hall–Kier alpha value is -1.09. The molecule has 0 radical (unpaired) electrons. The van der Waals surface area contributed by atoms with Crippen LogP contribution in [0.25, 0.3) is 11.0 Å². The SMILES string of the molecule is Cc1ccc2c(c1)[nH]c(=S)n2C1CCC(C)(C)C1. The Morgan fingerprint density at radius 2 is 2.17 bits per heavy atom. The van der Waals surface area contributed by atoms with Crippen LogP contribution >= 0.6 is 12.2 Å². The molecule has 0 aliphatic heterocycles. The summed E-state index contributed by atoms with van der Waals surface area (Å²) in [6, 6.07) is 7.11. The van der Waals surface area contributed by atoms with Gasteiger partial charge in [0.2, 0.25) is 0 Å². The van der Waals surface area contributed by atoms with Crippen molar-refractivity contribution in [3.8, 4) is 0 Å². The van der Waals surface area contributed by atoms with Crippen LogP contribution in [0.5, 0.6) is 0 Å². The predicted octanol–water partition coefficient (Wildman–Crippen LogP) is 4.76. The van der Waals surface area contributed by atoms with E-state index in [-0.39, 0.29) is 0 Å². The van der Waals surface area contributed by atoms with Crippen molar-refractivity contribution in [3.63, 3.8) is 0 Å². The first kappa shape index (κ1) is 12.0. The molecule has 18 heavy (non-hydrogen) atoms. The molecule has 0 amide bonds. The second-order valence-electron chi connectivity index (χ2n) is 6.38. The van der Waals surface area contributed by atoms with Gasteiger partial charge >= 0.3 is 0 Å². The van der Waals surface area contributed by atoms with Gasteiger partial charge in [-0.05, 0) is 61.5 Å². The summed E-state index contributed by atoms with van der Waals surface area (Å²) in [6.07, 6.45) is 3.75. The maximum atomic E-state index is 5.52. The third-order valence-electron chi connectivity index (χ3n) is 4.18. The van der Waals surface area contributed by atoms with Crippen LogP contribution in [-0.2, 0) is 0 Å². The molecule has 1 unspecified atom stereocenters. The summed E-state index contributed by atoms with van der Waals surface area (Å²) in [5.74, 6) is 0. The van der Waals surface area contributed by atoms with E-state index >= 15 is 0 Å². The number of imidazole rings is 1. The van der Waals surface area contributed by atoms with E-state index in [4.69, 9.17) is 12.2 Å². The molecule has 1 heterocycles. The number of nitrogens with one attached hydrogen (secondary N) is 1. The maximum absolute atomic E-state index is 5.52. The molecule has 1 fully saturated rings. The van der Waals surface area contributed by atoms with Gasteiger partial charge < -0.3 is 9.55 Å². The van der Waals surface area contributed by atoms with Crippen LogP contribution in [0.1, 0.15) is 44.7 Å². The van der Waals surface area contributed by atoms with Gasteiger partial charge in [0.25, 0.3) is 0 Å². The van der Waals surface area contributed by atoms with Crippen LogP contribution in [0.3, 0.4) is 0 Å². The van der Waals surface area contributed by atoms with Crippen LogP contribution < -0.4 is 0 Å². The summed E-state index contributed by atoms with van der Waals surface area (Å²) in [6.45, 7) is 6.83. The molecule has 1 aliphatic rings. The number of hydrogen-bond acceptors (Lipinski definition) is 1. The van der Waals surface area contributed by atoms with E-state index in [0.717, 1.165) is 4.77 Å². The molecule has 1 aliphatic carbocycles. The lowest BCUT2D eigenvalue weighted by Crippen LogP contribution is -2.09. The highest BCUT2D eigenvalue weighted by molar-refractivity contribution is 7.71. The molecule has 1 atom stereocenters. The topological polar surface area (TPSA) is 20.7 Å². The first-order valence-electron chi connectivity index (χ1n) is 6.67. The second-order valence-corrected chi connectivity index (χ2v) is 6.77. The number of hydrogen-bond donors (Lipinski definition) is 1. The molecule has 1 saturated carbocycles. The van der Waals surface area contributed by atoms with Gasteiger partial charge in [-0.1, -0.05) is 19.9 Å². The van der Waals surface area contributed by atoms with Gasteiger partial charge in [0, 0.05) is 6.04 Å². The Kier molecular flexibility index (Phi) is 2.63. The number of fused-ring (bicyclic) bond motifs is 1. The number of H-pyrrole nitrogens is 1. The van der Waals surface area contributed by atoms with Crippen LogP contribution in [0.4, 0.5) is 0 Å². The third-order valence-corrected chi connectivity index (χ3v) is 4.48. The summed E-state index contributed by atoms with van der Waals surface area (Å²) in [5, 5.41) is 0. The van der Waals surface area contributed by atoms with Gasteiger partial charge in [-0.25, -0.2) is 0 Å². The van der Waals surface area contributed by atoms with Crippen molar-refractivity contribution < 1.29 is 0 Å². The molecule has 1 N–H and O–H groups in total. The number of aryl methyl sites for hydroxylation is 1. The molecular weight excluding hydrogens is 240 g/mol. The normalized spacial score (nSPS) is 22.7. The molecule has 1 aromatic heterocycles. The standard InChI is InChI=1S/C15H20N2S/c1-10-4-5-13-12(8-10)16-14(18)17(13)11-6-7-15(2,3)9-11/h4-5,8,11H,6-7,9H2,1-3H3,(H,16,18). The number of rotatable bonds is 1. The van der Waals surface area contributed by atoms with E-state index in [9.17, 15) is 0 Å². The molecule has 96 valence electrons. The van der Waals surface area contributed by atoms with Crippen LogP contribution in [-0.4, -0.2) is 9.55 Å². The van der Waals surface area contributed by atoms with Crippen LogP contribution in [0.15, 0.2) is 18.2 Å². The molecule has 0 spiro atoms. The quantitative estimate of drug-likeness (QED) is 0.733. The number of aromatic nitrogens is 2. The van der Waals surface area contributed by atoms with Gasteiger partial charge in [0.15, 0.2) is 4.77 Å². The second kappa shape index (κ2) is 3.95. The van der Waals surface area contributed by atoms with Gasteiger partial charge in [-0.2, -0.15) is 0 Å². The van der Waals surface area contributed by atoms with Crippen molar-refractivity contribution in [2.75, 3.05) is 0 Å². The number of nitrogens with zero attached hydrogens (tertiary/aromatic N) is 1. The Labute approximate surface area is 113 Å². The van der Waals surface area contributed by atoms with Crippen molar-refractivity contribution in [1.29, 1.82) is 0 Å². The molecular formula is C15H20N2S. The number of aromatic amines is 1. The van der Waals surface area contributed by atoms with Crippen LogP contribution in [0.2, 0.25) is 0 Å². The number of benzene rings is 1. The molecule has 3 heteroatoms. The zero-order chi connectivity index (χ0) is 12.9. The maximum Gasteiger partial charge on any atom is 0.178 e. The zero-order valence-corrected chi connectivity index (χ0v) is 12.1. The monoisotopic (exact) mass is 260 g/mol. The lowest BCUT2D eigenvalue weighted by molar-refractivity contribution is 0.360. The molecule has 3 rings (SSSR count). The van der Waals surface area contributed by atoms with Crippen molar-refractivity contribution >= 4 is 23.3 Å². The highest BCUT2D eigenvalue weighted by Crippen LogP contribution is 2.44. The molecule has 0 bridgehead atoms. The first-order valence-corrected chi connectivity index (χ1v) is 7.08. The average molecular weight is 260 g/mol. The van der Waals surface area contributed by atoms with E-state index < -0.39 is 0 Å². The predicted molar refractivity (Wildman–Crippen MR) is 78.5 cm³/mol. The lowest BCUT2D eigenvalue weighted by atomic mass is 9.92. The highest BCUT2D eigenvalue weighted by atomic mass is 32.1. The minimum absolute atomic E-state index is 0.452. The lowest BCUT2D eigenvalue weighted by Gasteiger charge is -2.18. The van der Waals surface area contributed by atoms with E-state index in [1.165, 1.54) is 35.9 Å². The van der Waals surface area contributed by atoms with Gasteiger partial charge in [0.1, 0.15) is 0 Å². The minimum atomic E-state index is 0.452. The fraction of sp³-hybridized carbons (Fsp3) is 0.533.